The maximum Gasteiger partial charge on any atom is 0.159 e. The van der Waals surface area contributed by atoms with Crippen LogP contribution in [-0.4, -0.2) is 7.18 Å². The number of halogens is 3. The van der Waals surface area contributed by atoms with Gasteiger partial charge in [0.1, 0.15) is 22.8 Å². The van der Waals surface area contributed by atoms with Crippen LogP contribution in [0.4, 0.5) is 47.3 Å². The van der Waals surface area contributed by atoms with Gasteiger partial charge < -0.3 is 18.6 Å². The fourth-order valence-electron chi connectivity index (χ4n) is 11.3. The third kappa shape index (κ3) is 6.99. The zero-order valence-corrected chi connectivity index (χ0v) is 40.6. The second-order valence-corrected chi connectivity index (χ2v) is 18.7. The normalized spacial score (nSPS) is 11.6. The number of benzene rings is 12. The number of rotatable bonds is 8. The smallest absolute Gasteiger partial charge is 0.159 e. The van der Waals surface area contributed by atoms with Crippen molar-refractivity contribution in [1.82, 2.24) is 0 Å². The number of aryl methyl sites for hydroxylation is 2. The van der Waals surface area contributed by atoms with Crippen LogP contribution in [-0.2, 0) is 0 Å². The quantitative estimate of drug-likeness (QED) is 0.142. The van der Waals surface area contributed by atoms with E-state index in [2.05, 4.69) is 168 Å². The third-order valence-electron chi connectivity index (χ3n) is 14.6. The third-order valence-corrected chi connectivity index (χ3v) is 14.6. The number of alkyl halides is 1. The molecule has 0 unspecified atom stereocenters. The lowest BCUT2D eigenvalue weighted by Crippen LogP contribution is -2.12. The summed E-state index contributed by atoms with van der Waals surface area (Å²) in [6, 6.07) is 73.3. The molecule has 0 aliphatic rings. The van der Waals surface area contributed by atoms with Gasteiger partial charge in [-0.05, 0) is 130 Å². The van der Waals surface area contributed by atoms with Crippen molar-refractivity contribution in [2.45, 2.75) is 13.8 Å². The molecule has 0 amide bonds. The number of furan rings is 2. The van der Waals surface area contributed by atoms with Gasteiger partial charge in [0, 0.05) is 54.8 Å². The van der Waals surface area contributed by atoms with Gasteiger partial charge in [0.15, 0.2) is 11.2 Å². The fraction of sp³-hybridized carbons (Fsp3) is 0.0448. The average molecular weight is 967 g/mol. The van der Waals surface area contributed by atoms with Crippen LogP contribution in [0.2, 0.25) is 0 Å². The van der Waals surface area contributed by atoms with E-state index in [1.54, 1.807) is 6.07 Å². The van der Waals surface area contributed by atoms with Gasteiger partial charge in [-0.2, -0.15) is 0 Å². The highest BCUT2D eigenvalue weighted by molar-refractivity contribution is 6.29. The summed E-state index contributed by atoms with van der Waals surface area (Å²) in [5.41, 5.74) is 14.5. The average Bonchev–Trinajstić information content (AvgIpc) is 4.03. The summed E-state index contributed by atoms with van der Waals surface area (Å²) in [5, 5.41) is 10.5. The molecule has 356 valence electrons. The molecule has 14 aromatic rings. The summed E-state index contributed by atoms with van der Waals surface area (Å²) in [4.78, 5) is 4.52. The monoisotopic (exact) mass is 966 g/mol. The van der Waals surface area contributed by atoms with E-state index in [0.29, 0.717) is 18.3 Å². The lowest BCUT2D eigenvalue weighted by Gasteiger charge is -2.29. The molecule has 0 saturated heterocycles. The number of hydrogen-bond donors (Lipinski definition) is 0. The Hall–Kier alpha value is -9.33. The molecule has 7 heteroatoms. The summed E-state index contributed by atoms with van der Waals surface area (Å²) >= 11 is 0. The number of hydrogen-bond acceptors (Lipinski definition) is 4. The van der Waals surface area contributed by atoms with Gasteiger partial charge in [-0.3, -0.25) is 4.39 Å². The van der Waals surface area contributed by atoms with Gasteiger partial charge in [0.25, 0.3) is 0 Å². The van der Waals surface area contributed by atoms with Crippen molar-refractivity contribution >= 4 is 110 Å². The second-order valence-electron chi connectivity index (χ2n) is 18.7. The van der Waals surface area contributed by atoms with Gasteiger partial charge in [0.05, 0.1) is 29.9 Å². The predicted octanol–water partition coefficient (Wildman–Crippen LogP) is 20.1. The first kappa shape index (κ1) is 44.6. The molecule has 0 atom stereocenters. The molecule has 0 radical (unpaired) electrons. The van der Waals surface area contributed by atoms with Crippen LogP contribution in [0.15, 0.2) is 227 Å². The highest BCUT2D eigenvalue weighted by Gasteiger charge is 2.27. The summed E-state index contributed by atoms with van der Waals surface area (Å²) in [7, 11) is 0.500. The second kappa shape index (κ2) is 17.8. The minimum Gasteiger partial charge on any atom is -0.453 e. The topological polar surface area (TPSA) is 32.8 Å². The van der Waals surface area contributed by atoms with Crippen molar-refractivity contribution in [3.8, 4) is 22.3 Å². The minimum atomic E-state index is -0.323. The molecule has 0 N–H and O–H groups in total. The van der Waals surface area contributed by atoms with Crippen LogP contribution in [0.1, 0.15) is 11.1 Å². The standard InChI is InChI=1S/C66H42F2N2O2.CH3F/c1-39-12-6-7-15-47(39)49-16-8-18-51-53-20-10-22-59(65(53)71-63(49)51)69(45-13-4-3-5-14-45)57-36-26-41-25-34-56-58(37-27-42-24-33-55(57)61(41)62(42)56)70(46-31-28-43(67)29-32-46)60-23-11-21-54-52-19-9-17-50(64(52)72-66(54)60)48-35-30-44(68)38-40(48)2;1-2/h3-38H,1-2H3;1H3. The molecule has 0 fully saturated rings. The molecule has 0 aliphatic heterocycles. The summed E-state index contributed by atoms with van der Waals surface area (Å²) in [5.74, 6) is -0.604. The molecule has 74 heavy (non-hydrogen) atoms. The Labute approximate surface area is 424 Å². The fourth-order valence-corrected chi connectivity index (χ4v) is 11.3. The first-order chi connectivity index (χ1) is 36.4. The van der Waals surface area contributed by atoms with Crippen molar-refractivity contribution in [2.24, 2.45) is 0 Å². The number of nitrogens with zero attached hydrogens (tertiary/aromatic N) is 2. The molecule has 0 bridgehead atoms. The molecule has 4 nitrogen and oxygen atoms in total. The van der Waals surface area contributed by atoms with Crippen LogP contribution in [0.3, 0.4) is 0 Å². The zero-order valence-electron chi connectivity index (χ0n) is 40.6. The van der Waals surface area contributed by atoms with E-state index in [1.165, 1.54) is 23.8 Å². The van der Waals surface area contributed by atoms with E-state index in [9.17, 15) is 13.2 Å². The van der Waals surface area contributed by atoms with Crippen LogP contribution in [0, 0.1) is 25.5 Å². The van der Waals surface area contributed by atoms with Crippen LogP contribution >= 0.6 is 0 Å². The van der Waals surface area contributed by atoms with Crippen molar-refractivity contribution in [2.75, 3.05) is 17.0 Å². The Balaban J connectivity index is 0.00000261. The lowest BCUT2D eigenvalue weighted by atomic mass is 9.91. The molecule has 2 heterocycles. The van der Waals surface area contributed by atoms with Gasteiger partial charge in [0.2, 0.25) is 0 Å². The van der Waals surface area contributed by atoms with Crippen molar-refractivity contribution < 1.29 is 22.0 Å². The Morgan fingerprint density at radius 2 is 0.743 bits per heavy atom. The summed E-state index contributed by atoms with van der Waals surface area (Å²) in [6.07, 6.45) is 0. The zero-order chi connectivity index (χ0) is 50.2. The van der Waals surface area contributed by atoms with Gasteiger partial charge >= 0.3 is 0 Å². The Kier molecular flexibility index (Phi) is 10.7. The van der Waals surface area contributed by atoms with E-state index >= 15 is 0 Å². The molecule has 12 aromatic carbocycles. The Morgan fingerprint density at radius 1 is 0.311 bits per heavy atom. The number of fused-ring (bicyclic) bond motifs is 6. The minimum absolute atomic E-state index is 0.281. The van der Waals surface area contributed by atoms with E-state index in [1.807, 2.05) is 49.4 Å². The van der Waals surface area contributed by atoms with Crippen LogP contribution in [0.25, 0.3) is 98.4 Å². The Bertz CT molecular complexity index is 4460. The summed E-state index contributed by atoms with van der Waals surface area (Å²) in [6.45, 7) is 4.06. The van der Waals surface area contributed by atoms with Crippen LogP contribution in [0.5, 0.6) is 0 Å². The molecule has 0 aliphatic carbocycles. The van der Waals surface area contributed by atoms with Crippen molar-refractivity contribution in [3.05, 3.63) is 241 Å². The Morgan fingerprint density at radius 3 is 1.27 bits per heavy atom. The summed E-state index contributed by atoms with van der Waals surface area (Å²) < 4.78 is 52.8. The van der Waals surface area contributed by atoms with E-state index in [4.69, 9.17) is 8.83 Å². The van der Waals surface area contributed by atoms with Crippen molar-refractivity contribution in [1.29, 1.82) is 0 Å². The highest BCUT2D eigenvalue weighted by Crippen LogP contribution is 2.51. The predicted molar refractivity (Wildman–Crippen MR) is 301 cm³/mol. The lowest BCUT2D eigenvalue weighted by molar-refractivity contribution is 0.626. The van der Waals surface area contributed by atoms with Gasteiger partial charge in [-0.1, -0.05) is 146 Å². The molecule has 2 aromatic heterocycles. The molecule has 14 rings (SSSR count). The largest absolute Gasteiger partial charge is 0.453 e. The molecular formula is C67H45F3N2O2. The first-order valence-electron chi connectivity index (χ1n) is 24.6. The van der Waals surface area contributed by atoms with Gasteiger partial charge in [-0.25, -0.2) is 8.78 Å². The van der Waals surface area contributed by atoms with E-state index in [-0.39, 0.29) is 11.6 Å². The molecule has 0 spiro atoms. The number of anilines is 6. The highest BCUT2D eigenvalue weighted by atomic mass is 19.1. The molecular weight excluding hydrogens is 922 g/mol. The first-order valence-corrected chi connectivity index (χ1v) is 24.6. The SMILES string of the molecule is CF.Cc1ccccc1-c1cccc2c1oc1c(N(c3ccccc3)c3ccc4ccc5c(N(c6ccc(F)cc6)c6cccc7c6oc6c(-c8ccc(F)cc8C)cccc67)ccc6ccc3c4c65)cccc12. The number of para-hydroxylation sites is 5. The van der Waals surface area contributed by atoms with Crippen LogP contribution < -0.4 is 9.80 Å². The van der Waals surface area contributed by atoms with E-state index < -0.39 is 0 Å². The maximum atomic E-state index is 14.9. The van der Waals surface area contributed by atoms with Crippen molar-refractivity contribution in [3.63, 3.8) is 0 Å². The van der Waals surface area contributed by atoms with E-state index in [0.717, 1.165) is 127 Å². The maximum absolute atomic E-state index is 14.9. The molecule has 0 saturated carbocycles. The van der Waals surface area contributed by atoms with Gasteiger partial charge in [-0.15, -0.1) is 0 Å².